The van der Waals surface area contributed by atoms with Crippen molar-refractivity contribution in [3.05, 3.63) is 61.2 Å². The molecule has 2 aromatic carbocycles. The number of benzene rings is 2. The molecular weight excluding hydrogens is 408 g/mol. The molecule has 0 aliphatic rings. The highest BCUT2D eigenvalue weighted by Gasteiger charge is 1.98. The molecule has 0 aromatic heterocycles. The van der Waals surface area contributed by atoms with Gasteiger partial charge in [0.1, 0.15) is 11.5 Å². The third kappa shape index (κ3) is 12.9. The van der Waals surface area contributed by atoms with Crippen LogP contribution in [0.4, 0.5) is 11.4 Å². The summed E-state index contributed by atoms with van der Waals surface area (Å²) in [6.07, 6.45) is 16.9. The van der Waals surface area contributed by atoms with Gasteiger partial charge >= 0.3 is 0 Å². The summed E-state index contributed by atoms with van der Waals surface area (Å²) < 4.78 is 11.6. The Labute approximate surface area is 201 Å². The lowest BCUT2D eigenvalue weighted by molar-refractivity contribution is 0.304. The molecule has 33 heavy (non-hydrogen) atoms. The number of allylic oxidation sites excluding steroid dienone is 1. The highest BCUT2D eigenvalue weighted by molar-refractivity contribution is 5.44. The second-order valence-corrected chi connectivity index (χ2v) is 8.50. The standard InChI is InChI=1S/C29H42N2O2/c1-3-5-7-9-10-11-12-13-15-25-33-29-22-18-27(19-23-29)31-30-26-16-20-28(21-17-26)32-24-14-8-6-4-2/h3,16-23H,1,4-15,24-25H2,2H3. The molecular formula is C29H42N2O2. The molecule has 0 N–H and O–H groups in total. The molecule has 0 saturated heterocycles. The van der Waals surface area contributed by atoms with E-state index in [1.54, 1.807) is 0 Å². The Morgan fingerprint density at radius 3 is 1.48 bits per heavy atom. The molecule has 0 unspecified atom stereocenters. The molecule has 0 aliphatic heterocycles. The number of ether oxygens (including phenoxy) is 2. The summed E-state index contributed by atoms with van der Waals surface area (Å²) in [6, 6.07) is 15.6. The first-order valence-corrected chi connectivity index (χ1v) is 12.8. The van der Waals surface area contributed by atoms with E-state index in [9.17, 15) is 0 Å². The van der Waals surface area contributed by atoms with Crippen LogP contribution in [0.1, 0.15) is 84.0 Å². The van der Waals surface area contributed by atoms with Gasteiger partial charge in [-0.15, -0.1) is 6.58 Å². The lowest BCUT2D eigenvalue weighted by Gasteiger charge is -2.06. The van der Waals surface area contributed by atoms with E-state index in [1.807, 2.05) is 54.6 Å². The summed E-state index contributed by atoms with van der Waals surface area (Å²) in [6.45, 7) is 7.52. The van der Waals surface area contributed by atoms with Gasteiger partial charge < -0.3 is 9.47 Å². The van der Waals surface area contributed by atoms with Gasteiger partial charge in [-0.1, -0.05) is 64.4 Å². The van der Waals surface area contributed by atoms with E-state index < -0.39 is 0 Å². The van der Waals surface area contributed by atoms with Gasteiger partial charge in [0.2, 0.25) is 0 Å². The highest BCUT2D eigenvalue weighted by atomic mass is 16.5. The summed E-state index contributed by atoms with van der Waals surface area (Å²) in [5.41, 5.74) is 1.63. The lowest BCUT2D eigenvalue weighted by atomic mass is 10.1. The molecule has 0 bridgehead atoms. The second-order valence-electron chi connectivity index (χ2n) is 8.50. The highest BCUT2D eigenvalue weighted by Crippen LogP contribution is 2.23. The fourth-order valence-electron chi connectivity index (χ4n) is 3.52. The molecule has 0 radical (unpaired) electrons. The van der Waals surface area contributed by atoms with Crippen molar-refractivity contribution >= 4 is 11.4 Å². The van der Waals surface area contributed by atoms with Crippen LogP contribution in [0, 0.1) is 0 Å². The molecule has 2 rings (SSSR count). The molecule has 0 aliphatic carbocycles. The van der Waals surface area contributed by atoms with Crippen molar-refractivity contribution in [2.75, 3.05) is 13.2 Å². The van der Waals surface area contributed by atoms with Gasteiger partial charge in [0.05, 0.1) is 24.6 Å². The topological polar surface area (TPSA) is 43.2 Å². The van der Waals surface area contributed by atoms with E-state index >= 15 is 0 Å². The maximum atomic E-state index is 5.85. The van der Waals surface area contributed by atoms with Crippen molar-refractivity contribution in [3.8, 4) is 11.5 Å². The van der Waals surface area contributed by atoms with Crippen molar-refractivity contribution in [2.24, 2.45) is 10.2 Å². The first kappa shape index (κ1) is 26.6. The zero-order valence-electron chi connectivity index (χ0n) is 20.5. The number of rotatable bonds is 19. The normalized spacial score (nSPS) is 11.1. The van der Waals surface area contributed by atoms with Crippen molar-refractivity contribution < 1.29 is 9.47 Å². The van der Waals surface area contributed by atoms with Gasteiger partial charge in [0.25, 0.3) is 0 Å². The predicted octanol–water partition coefficient (Wildman–Crippen LogP) is 9.75. The van der Waals surface area contributed by atoms with E-state index in [-0.39, 0.29) is 0 Å². The molecule has 0 atom stereocenters. The van der Waals surface area contributed by atoms with Crippen LogP contribution in [0.15, 0.2) is 71.4 Å². The molecule has 0 saturated carbocycles. The number of nitrogens with zero attached hydrogens (tertiary/aromatic N) is 2. The van der Waals surface area contributed by atoms with Crippen LogP contribution >= 0.6 is 0 Å². The monoisotopic (exact) mass is 450 g/mol. The molecule has 0 amide bonds. The van der Waals surface area contributed by atoms with E-state index in [4.69, 9.17) is 9.47 Å². The maximum absolute atomic E-state index is 5.85. The molecule has 4 heteroatoms. The zero-order valence-corrected chi connectivity index (χ0v) is 20.5. The van der Waals surface area contributed by atoms with Crippen LogP contribution in [-0.4, -0.2) is 13.2 Å². The third-order valence-electron chi connectivity index (χ3n) is 5.54. The summed E-state index contributed by atoms with van der Waals surface area (Å²) in [4.78, 5) is 0. The minimum Gasteiger partial charge on any atom is -0.494 e. The molecule has 180 valence electrons. The Morgan fingerprint density at radius 2 is 1.03 bits per heavy atom. The van der Waals surface area contributed by atoms with Gasteiger partial charge in [-0.25, -0.2) is 0 Å². The van der Waals surface area contributed by atoms with Gasteiger partial charge in [0.15, 0.2) is 0 Å². The van der Waals surface area contributed by atoms with Crippen LogP contribution in [0.3, 0.4) is 0 Å². The van der Waals surface area contributed by atoms with Crippen LogP contribution < -0.4 is 9.47 Å². The maximum Gasteiger partial charge on any atom is 0.119 e. The Kier molecular flexibility index (Phi) is 14.4. The number of hydrogen-bond acceptors (Lipinski definition) is 4. The fourth-order valence-corrected chi connectivity index (χ4v) is 3.52. The molecule has 4 nitrogen and oxygen atoms in total. The predicted molar refractivity (Wildman–Crippen MR) is 139 cm³/mol. The molecule has 2 aromatic rings. The summed E-state index contributed by atoms with van der Waals surface area (Å²) >= 11 is 0. The van der Waals surface area contributed by atoms with Gasteiger partial charge in [-0.05, 0) is 74.2 Å². The Balaban J connectivity index is 1.60. The van der Waals surface area contributed by atoms with E-state index in [0.29, 0.717) is 0 Å². The summed E-state index contributed by atoms with van der Waals surface area (Å²) in [5, 5.41) is 8.64. The van der Waals surface area contributed by atoms with Crippen LogP contribution in [0.2, 0.25) is 0 Å². The van der Waals surface area contributed by atoms with Gasteiger partial charge in [-0.2, -0.15) is 10.2 Å². The van der Waals surface area contributed by atoms with Crippen LogP contribution in [0.5, 0.6) is 11.5 Å². The van der Waals surface area contributed by atoms with Crippen LogP contribution in [-0.2, 0) is 0 Å². The SMILES string of the molecule is C=CCCCCCCCCCOc1ccc(N=Nc2ccc(OCCCCCC)cc2)cc1. The van der Waals surface area contributed by atoms with Crippen LogP contribution in [0.25, 0.3) is 0 Å². The molecule has 0 heterocycles. The van der Waals surface area contributed by atoms with Gasteiger partial charge in [-0.3, -0.25) is 0 Å². The van der Waals surface area contributed by atoms with E-state index in [0.717, 1.165) is 55.4 Å². The third-order valence-corrected chi connectivity index (χ3v) is 5.54. The minimum absolute atomic E-state index is 0.768. The number of hydrogen-bond donors (Lipinski definition) is 0. The van der Waals surface area contributed by atoms with Crippen molar-refractivity contribution in [1.29, 1.82) is 0 Å². The largest absolute Gasteiger partial charge is 0.494 e. The van der Waals surface area contributed by atoms with Crippen molar-refractivity contribution in [1.82, 2.24) is 0 Å². The van der Waals surface area contributed by atoms with Crippen molar-refractivity contribution in [3.63, 3.8) is 0 Å². The smallest absolute Gasteiger partial charge is 0.119 e. The average molecular weight is 451 g/mol. The average Bonchev–Trinajstić information content (AvgIpc) is 2.85. The minimum atomic E-state index is 0.768. The van der Waals surface area contributed by atoms with E-state index in [1.165, 1.54) is 57.8 Å². The summed E-state index contributed by atoms with van der Waals surface area (Å²) in [7, 11) is 0. The zero-order chi connectivity index (χ0) is 23.4. The Hall–Kier alpha value is -2.62. The first-order valence-electron chi connectivity index (χ1n) is 12.8. The molecule has 0 fully saturated rings. The molecule has 0 spiro atoms. The number of unbranched alkanes of at least 4 members (excludes halogenated alkanes) is 10. The second kappa shape index (κ2) is 17.9. The Morgan fingerprint density at radius 1 is 0.606 bits per heavy atom. The quantitative estimate of drug-likeness (QED) is 0.121. The Bertz CT molecular complexity index is 769. The first-order chi connectivity index (χ1) is 16.3. The van der Waals surface area contributed by atoms with Crippen molar-refractivity contribution in [2.45, 2.75) is 84.0 Å². The summed E-state index contributed by atoms with van der Waals surface area (Å²) in [5.74, 6) is 1.77. The lowest BCUT2D eigenvalue weighted by Crippen LogP contribution is -1.96. The number of azo groups is 1. The fraction of sp³-hybridized carbons (Fsp3) is 0.517. The van der Waals surface area contributed by atoms with E-state index in [2.05, 4.69) is 23.7 Å². The van der Waals surface area contributed by atoms with Gasteiger partial charge in [0, 0.05) is 0 Å².